The van der Waals surface area contributed by atoms with Gasteiger partial charge in [-0.25, -0.2) is 13.8 Å². The molecule has 0 fully saturated rings. The van der Waals surface area contributed by atoms with E-state index in [-0.39, 0.29) is 53.5 Å². The largest absolute Gasteiger partial charge is 1.00 e. The third kappa shape index (κ3) is 7.11. The van der Waals surface area contributed by atoms with Gasteiger partial charge in [-0.05, 0) is 67.4 Å². The predicted molar refractivity (Wildman–Crippen MR) is 128 cm³/mol. The van der Waals surface area contributed by atoms with Gasteiger partial charge in [0, 0.05) is 42.1 Å². The zero-order valence-electron chi connectivity index (χ0n) is 21.1. The Morgan fingerprint density at radius 1 is 1.08 bits per heavy atom. The topological polar surface area (TPSA) is 98.4 Å². The van der Waals surface area contributed by atoms with Gasteiger partial charge in [-0.1, -0.05) is 13.8 Å². The number of carboxylic acid groups (broad SMARTS) is 1. The van der Waals surface area contributed by atoms with Crippen LogP contribution >= 0.6 is 0 Å². The fourth-order valence-electron chi connectivity index (χ4n) is 3.99. The first-order valence-corrected chi connectivity index (χ1v) is 11.4. The molecule has 2 aromatic carbocycles. The minimum atomic E-state index is -1.40. The molecule has 36 heavy (non-hydrogen) atoms. The molecule has 3 aromatic rings. The molecule has 0 amide bonds. The van der Waals surface area contributed by atoms with Crippen LogP contribution in [0.5, 0.6) is 0 Å². The van der Waals surface area contributed by atoms with E-state index in [0.29, 0.717) is 39.5 Å². The van der Waals surface area contributed by atoms with Crippen molar-refractivity contribution < 1.29 is 58.5 Å². The number of benzene rings is 2. The quantitative estimate of drug-likeness (QED) is 0.422. The van der Waals surface area contributed by atoms with Crippen LogP contribution in [0.2, 0.25) is 0 Å². The summed E-state index contributed by atoms with van der Waals surface area (Å²) in [4.78, 5) is 15.5. The molecule has 0 aliphatic rings. The number of carboxylic acids is 1. The Bertz CT molecular complexity index is 1220. The normalized spacial score (nSPS) is 13.1. The van der Waals surface area contributed by atoms with E-state index in [1.54, 1.807) is 48.9 Å². The number of imidazole rings is 1. The van der Waals surface area contributed by atoms with Crippen LogP contribution in [0, 0.1) is 25.5 Å². The van der Waals surface area contributed by atoms with Gasteiger partial charge >= 0.3 is 29.6 Å². The number of carbonyl (C=O) groups is 1. The van der Waals surface area contributed by atoms with Gasteiger partial charge in [-0.3, -0.25) is 0 Å². The number of hydrogen-bond acceptors (Lipinski definition) is 5. The summed E-state index contributed by atoms with van der Waals surface area (Å²) in [5.41, 5.74) is 3.47. The van der Waals surface area contributed by atoms with Crippen molar-refractivity contribution in [2.24, 2.45) is 0 Å². The standard InChI is InChI=1S/C27H30F2N2O4.Na/c1-15(2)27-30-25(18-5-7-20(28)8-6-18)26(19-11-16(3)24(29)17(4)12-19)31(27)10-9-21(32)13-22(33)14-23(34)35;/h5-12,15,21-22,32-33H,13-14H2,1-4H3,(H,34,35);/q;+1/p-1/b10-9+;. The second kappa shape index (κ2) is 12.7. The van der Waals surface area contributed by atoms with Crippen LogP contribution in [0.4, 0.5) is 8.78 Å². The molecule has 1 aromatic heterocycles. The molecule has 0 aliphatic heterocycles. The van der Waals surface area contributed by atoms with E-state index in [0.717, 1.165) is 0 Å². The third-order valence-electron chi connectivity index (χ3n) is 5.66. The Balaban J connectivity index is 0.00000456. The Morgan fingerprint density at radius 2 is 1.67 bits per heavy atom. The third-order valence-corrected chi connectivity index (χ3v) is 5.66. The molecular weight excluding hydrogens is 477 g/mol. The van der Waals surface area contributed by atoms with Crippen molar-refractivity contribution >= 4 is 12.2 Å². The Hall–Kier alpha value is -2.36. The number of aromatic nitrogens is 2. The molecule has 9 heteroatoms. The summed E-state index contributed by atoms with van der Waals surface area (Å²) in [5, 5.41) is 30.9. The van der Waals surface area contributed by atoms with Crippen LogP contribution in [0.15, 0.2) is 42.5 Å². The predicted octanol–water partition coefficient (Wildman–Crippen LogP) is 0.962. The first-order chi connectivity index (χ1) is 16.5. The molecule has 6 nitrogen and oxygen atoms in total. The van der Waals surface area contributed by atoms with Crippen LogP contribution < -0.4 is 34.7 Å². The Kier molecular flexibility index (Phi) is 10.6. The zero-order chi connectivity index (χ0) is 25.9. The average Bonchev–Trinajstić information content (AvgIpc) is 3.15. The molecule has 3 rings (SSSR count). The van der Waals surface area contributed by atoms with Crippen LogP contribution in [-0.2, 0) is 4.79 Å². The first kappa shape index (κ1) is 29.9. The molecule has 0 radical (unpaired) electrons. The van der Waals surface area contributed by atoms with Crippen LogP contribution in [0.1, 0.15) is 49.6 Å². The molecular formula is C27H29F2N2NaO4. The first-order valence-electron chi connectivity index (χ1n) is 11.4. The summed E-state index contributed by atoms with van der Waals surface area (Å²) < 4.78 is 29.8. The monoisotopic (exact) mass is 506 g/mol. The summed E-state index contributed by atoms with van der Waals surface area (Å²) in [5.74, 6) is -1.49. The van der Waals surface area contributed by atoms with Crippen molar-refractivity contribution in [2.75, 3.05) is 0 Å². The average molecular weight is 507 g/mol. The minimum Gasteiger partial charge on any atom is -0.550 e. The van der Waals surface area contributed by atoms with Gasteiger partial charge in [0.25, 0.3) is 0 Å². The molecule has 0 saturated carbocycles. The van der Waals surface area contributed by atoms with Crippen molar-refractivity contribution in [1.29, 1.82) is 0 Å². The fraction of sp³-hybridized carbons (Fsp3) is 0.333. The van der Waals surface area contributed by atoms with Gasteiger partial charge in [-0.2, -0.15) is 0 Å². The molecule has 0 bridgehead atoms. The number of aliphatic hydroxyl groups is 2. The zero-order valence-corrected chi connectivity index (χ0v) is 23.1. The van der Waals surface area contributed by atoms with Gasteiger partial charge in [0.2, 0.25) is 0 Å². The molecule has 2 unspecified atom stereocenters. The summed E-state index contributed by atoms with van der Waals surface area (Å²) in [6.07, 6.45) is -0.122. The van der Waals surface area contributed by atoms with Crippen LogP contribution in [-0.4, -0.2) is 37.9 Å². The maximum Gasteiger partial charge on any atom is 1.00 e. The van der Waals surface area contributed by atoms with Crippen LogP contribution in [0.3, 0.4) is 0 Å². The fourth-order valence-corrected chi connectivity index (χ4v) is 3.99. The molecule has 2 atom stereocenters. The van der Waals surface area contributed by atoms with E-state index in [2.05, 4.69) is 0 Å². The second-order valence-corrected chi connectivity index (χ2v) is 9.00. The molecule has 0 aliphatic carbocycles. The van der Waals surface area contributed by atoms with Gasteiger partial charge in [0.05, 0.1) is 23.6 Å². The van der Waals surface area contributed by atoms with E-state index in [4.69, 9.17) is 4.98 Å². The summed E-state index contributed by atoms with van der Waals surface area (Å²) in [6, 6.07) is 9.34. The smallest absolute Gasteiger partial charge is 0.550 e. The van der Waals surface area contributed by atoms with Crippen LogP contribution in [0.25, 0.3) is 28.7 Å². The molecule has 0 saturated heterocycles. The van der Waals surface area contributed by atoms with E-state index in [9.17, 15) is 28.9 Å². The summed E-state index contributed by atoms with van der Waals surface area (Å²) in [6.45, 7) is 7.25. The van der Waals surface area contributed by atoms with E-state index < -0.39 is 24.6 Å². The number of hydrogen-bond donors (Lipinski definition) is 2. The molecule has 2 N–H and O–H groups in total. The number of aliphatic carboxylic acids is 1. The SMILES string of the molecule is Cc1cc(-c2c(-c3ccc(F)cc3)nc(C(C)C)n2/C=C/C(O)CC(O)CC(=O)[O-])cc(C)c1F.[Na+]. The van der Waals surface area contributed by atoms with Crippen molar-refractivity contribution in [3.05, 3.63) is 71.1 Å². The number of rotatable bonds is 9. The van der Waals surface area contributed by atoms with Gasteiger partial charge < -0.3 is 24.7 Å². The molecule has 186 valence electrons. The second-order valence-electron chi connectivity index (χ2n) is 9.00. The van der Waals surface area contributed by atoms with E-state index >= 15 is 0 Å². The summed E-state index contributed by atoms with van der Waals surface area (Å²) >= 11 is 0. The van der Waals surface area contributed by atoms with E-state index in [1.165, 1.54) is 18.2 Å². The van der Waals surface area contributed by atoms with Gasteiger partial charge in [0.15, 0.2) is 0 Å². The number of nitrogens with zero attached hydrogens (tertiary/aromatic N) is 2. The number of aliphatic hydroxyl groups excluding tert-OH is 2. The van der Waals surface area contributed by atoms with Crippen molar-refractivity contribution in [1.82, 2.24) is 9.55 Å². The maximum absolute atomic E-state index is 14.4. The van der Waals surface area contributed by atoms with Crippen molar-refractivity contribution in [3.8, 4) is 22.5 Å². The van der Waals surface area contributed by atoms with Crippen molar-refractivity contribution in [3.63, 3.8) is 0 Å². The van der Waals surface area contributed by atoms with Gasteiger partial charge in [0.1, 0.15) is 17.5 Å². The molecule has 1 heterocycles. The Morgan fingerprint density at radius 3 is 2.19 bits per heavy atom. The van der Waals surface area contributed by atoms with E-state index in [1.807, 2.05) is 13.8 Å². The number of aryl methyl sites for hydroxylation is 2. The van der Waals surface area contributed by atoms with Gasteiger partial charge in [-0.15, -0.1) is 0 Å². The van der Waals surface area contributed by atoms with Crippen molar-refractivity contribution in [2.45, 2.75) is 58.7 Å². The number of carbonyl (C=O) groups excluding carboxylic acids is 1. The minimum absolute atomic E-state index is 0. The molecule has 0 spiro atoms. The maximum atomic E-state index is 14.4. The number of halogens is 2. The summed E-state index contributed by atoms with van der Waals surface area (Å²) in [7, 11) is 0. The Labute approximate surface area is 231 Å².